The summed E-state index contributed by atoms with van der Waals surface area (Å²) in [7, 11) is 0. The topological polar surface area (TPSA) is 157 Å². The minimum atomic E-state index is -1.24. The second-order valence-electron chi connectivity index (χ2n) is 4.73. The molecule has 2 atom stereocenters. The molecule has 0 saturated heterocycles. The molecule has 0 aromatic rings. The molecule has 0 bridgehead atoms. The van der Waals surface area contributed by atoms with E-state index in [1.807, 2.05) is 0 Å². The summed E-state index contributed by atoms with van der Waals surface area (Å²) in [5.41, 5.74) is 5.28. The van der Waals surface area contributed by atoms with Crippen LogP contribution in [0.4, 0.5) is 4.79 Å². The van der Waals surface area contributed by atoms with Crippen molar-refractivity contribution in [2.24, 2.45) is 5.73 Å². The summed E-state index contributed by atoms with van der Waals surface area (Å²) in [6.07, 6.45) is -0.0852. The fraction of sp³-hybridized carbons (Fsp3) is 0.714. The number of nitrogens with two attached hydrogens (primary N) is 1. The molecule has 0 fully saturated rings. The summed E-state index contributed by atoms with van der Waals surface area (Å²) < 4.78 is 9.58. The number of rotatable bonds is 11. The molecule has 0 aromatic heterocycles. The Morgan fingerprint density at radius 2 is 1.58 bits per heavy atom. The number of carboxylic acid groups (broad SMARTS) is 1. The third-order valence-electron chi connectivity index (χ3n) is 2.88. The second-order valence-corrected chi connectivity index (χ2v) is 4.73. The van der Waals surface area contributed by atoms with Gasteiger partial charge in [0.05, 0.1) is 13.2 Å². The molecule has 2 amide bonds. The van der Waals surface area contributed by atoms with E-state index in [4.69, 9.17) is 20.3 Å². The molecule has 0 aliphatic carbocycles. The molecule has 24 heavy (non-hydrogen) atoms. The van der Waals surface area contributed by atoms with E-state index in [2.05, 4.69) is 10.6 Å². The molecule has 0 rings (SSSR count). The second kappa shape index (κ2) is 12.1. The Balaban J connectivity index is 4.72. The van der Waals surface area contributed by atoms with Gasteiger partial charge >= 0.3 is 23.9 Å². The quantitative estimate of drug-likeness (QED) is 0.359. The molecule has 0 aliphatic rings. The monoisotopic (exact) mass is 347 g/mol. The van der Waals surface area contributed by atoms with E-state index in [1.165, 1.54) is 0 Å². The van der Waals surface area contributed by atoms with Gasteiger partial charge in [-0.05, 0) is 33.2 Å². The van der Waals surface area contributed by atoms with E-state index < -0.39 is 36.0 Å². The summed E-state index contributed by atoms with van der Waals surface area (Å²) in [6, 6.07) is -3.14. The summed E-state index contributed by atoms with van der Waals surface area (Å²) in [5, 5.41) is 13.5. The Bertz CT molecular complexity index is 442. The highest BCUT2D eigenvalue weighted by molar-refractivity contribution is 5.86. The van der Waals surface area contributed by atoms with Crippen LogP contribution in [0.2, 0.25) is 0 Å². The number of hydrogen-bond donors (Lipinski definition) is 4. The number of nitrogens with one attached hydrogen (secondary N) is 2. The van der Waals surface area contributed by atoms with Crippen molar-refractivity contribution in [3.8, 4) is 0 Å². The third kappa shape index (κ3) is 8.93. The first kappa shape index (κ1) is 21.6. The molecule has 5 N–H and O–H groups in total. The largest absolute Gasteiger partial charge is 0.480 e. The number of carboxylic acids is 1. The van der Waals surface area contributed by atoms with Gasteiger partial charge in [-0.1, -0.05) is 0 Å². The van der Waals surface area contributed by atoms with E-state index in [0.29, 0.717) is 0 Å². The van der Waals surface area contributed by atoms with Gasteiger partial charge in [0.2, 0.25) is 0 Å². The minimum absolute atomic E-state index is 0.0281. The molecule has 0 saturated carbocycles. The van der Waals surface area contributed by atoms with Gasteiger partial charge in [0.25, 0.3) is 0 Å². The van der Waals surface area contributed by atoms with Crippen LogP contribution in [-0.4, -0.2) is 60.9 Å². The first-order valence-corrected chi connectivity index (χ1v) is 7.67. The van der Waals surface area contributed by atoms with Crippen LogP contribution in [0.5, 0.6) is 0 Å². The smallest absolute Gasteiger partial charge is 0.328 e. The summed E-state index contributed by atoms with van der Waals surface area (Å²) in [6.45, 7) is 3.62. The van der Waals surface area contributed by atoms with Crippen LogP contribution in [0.3, 0.4) is 0 Å². The van der Waals surface area contributed by atoms with Crippen LogP contribution >= 0.6 is 0 Å². The predicted molar refractivity (Wildman–Crippen MR) is 83.1 cm³/mol. The highest BCUT2D eigenvalue weighted by atomic mass is 16.5. The summed E-state index contributed by atoms with van der Waals surface area (Å²) in [5.74, 6) is -2.47. The van der Waals surface area contributed by atoms with Crippen molar-refractivity contribution in [3.05, 3.63) is 0 Å². The number of ether oxygens (including phenoxy) is 2. The highest BCUT2D eigenvalue weighted by Gasteiger charge is 2.25. The average molecular weight is 347 g/mol. The Labute approximate surface area is 140 Å². The number of carbonyl (C=O) groups excluding carboxylic acids is 3. The third-order valence-corrected chi connectivity index (χ3v) is 2.88. The summed E-state index contributed by atoms with van der Waals surface area (Å²) in [4.78, 5) is 46.1. The van der Waals surface area contributed by atoms with Crippen LogP contribution in [0.1, 0.15) is 33.1 Å². The fourth-order valence-corrected chi connectivity index (χ4v) is 1.77. The van der Waals surface area contributed by atoms with Gasteiger partial charge < -0.3 is 30.9 Å². The van der Waals surface area contributed by atoms with Gasteiger partial charge in [-0.15, -0.1) is 0 Å². The fourth-order valence-electron chi connectivity index (χ4n) is 1.77. The number of urea groups is 1. The van der Waals surface area contributed by atoms with Crippen LogP contribution in [0.25, 0.3) is 0 Å². The average Bonchev–Trinajstić information content (AvgIpc) is 2.51. The molecule has 0 radical (unpaired) electrons. The normalized spacial score (nSPS) is 12.6. The van der Waals surface area contributed by atoms with E-state index >= 15 is 0 Å². The first-order valence-electron chi connectivity index (χ1n) is 7.67. The zero-order valence-corrected chi connectivity index (χ0v) is 13.9. The Morgan fingerprint density at radius 1 is 1.00 bits per heavy atom. The van der Waals surface area contributed by atoms with Gasteiger partial charge in [0.15, 0.2) is 0 Å². The van der Waals surface area contributed by atoms with Crippen molar-refractivity contribution in [3.63, 3.8) is 0 Å². The van der Waals surface area contributed by atoms with Crippen molar-refractivity contribution in [1.82, 2.24) is 10.6 Å². The molecular formula is C14H25N3O7. The lowest BCUT2D eigenvalue weighted by molar-refractivity contribution is -0.146. The summed E-state index contributed by atoms with van der Waals surface area (Å²) >= 11 is 0. The number of esters is 2. The van der Waals surface area contributed by atoms with Crippen molar-refractivity contribution in [1.29, 1.82) is 0 Å². The van der Waals surface area contributed by atoms with Crippen molar-refractivity contribution in [2.75, 3.05) is 19.8 Å². The van der Waals surface area contributed by atoms with Crippen molar-refractivity contribution >= 4 is 23.9 Å². The molecule has 138 valence electrons. The molecule has 0 aromatic carbocycles. The van der Waals surface area contributed by atoms with Gasteiger partial charge in [0, 0.05) is 6.42 Å². The number of aliphatic carboxylic acids is 1. The Hall–Kier alpha value is -2.36. The van der Waals surface area contributed by atoms with Crippen LogP contribution in [0.15, 0.2) is 0 Å². The maximum atomic E-state index is 11.9. The molecular weight excluding hydrogens is 322 g/mol. The number of carbonyl (C=O) groups is 4. The van der Waals surface area contributed by atoms with E-state index in [9.17, 15) is 19.2 Å². The molecule has 0 unspecified atom stereocenters. The molecule has 10 heteroatoms. The molecule has 0 heterocycles. The lowest BCUT2D eigenvalue weighted by Crippen LogP contribution is -2.52. The number of hydrogen-bond acceptors (Lipinski definition) is 7. The standard InChI is InChI=1S/C14H25N3O7/c1-3-23-11(18)6-5-10(13(21)24-4-2)17-14(22)16-9(7-8-15)12(19)20/h9-10H,3-8,15H2,1-2H3,(H,19,20)(H2,16,17,22)/t9-,10-/m0/s1. The minimum Gasteiger partial charge on any atom is -0.480 e. The maximum absolute atomic E-state index is 11.9. The van der Waals surface area contributed by atoms with Crippen molar-refractivity contribution < 1.29 is 33.8 Å². The maximum Gasteiger partial charge on any atom is 0.328 e. The lowest BCUT2D eigenvalue weighted by Gasteiger charge is -2.19. The first-order chi connectivity index (χ1) is 11.3. The van der Waals surface area contributed by atoms with Gasteiger partial charge in [-0.2, -0.15) is 0 Å². The van der Waals surface area contributed by atoms with Crippen LogP contribution in [0, 0.1) is 0 Å². The Kier molecular flexibility index (Phi) is 10.9. The predicted octanol–water partition coefficient (Wildman–Crippen LogP) is -0.637. The number of amides is 2. The molecule has 10 nitrogen and oxygen atoms in total. The van der Waals surface area contributed by atoms with Crippen molar-refractivity contribution in [2.45, 2.75) is 45.2 Å². The molecule has 0 aliphatic heterocycles. The van der Waals surface area contributed by atoms with Gasteiger partial charge in [0.1, 0.15) is 12.1 Å². The van der Waals surface area contributed by atoms with E-state index in [0.717, 1.165) is 0 Å². The van der Waals surface area contributed by atoms with Gasteiger partial charge in [-0.3, -0.25) is 4.79 Å². The SMILES string of the molecule is CCOC(=O)CC[C@H](NC(=O)N[C@@H](CCN)C(=O)O)C(=O)OCC. The molecule has 0 spiro atoms. The van der Waals surface area contributed by atoms with Crippen LogP contribution < -0.4 is 16.4 Å². The van der Waals surface area contributed by atoms with E-state index in [-0.39, 0.29) is 39.0 Å². The van der Waals surface area contributed by atoms with Gasteiger partial charge in [-0.25, -0.2) is 14.4 Å². The van der Waals surface area contributed by atoms with Crippen LogP contribution in [-0.2, 0) is 23.9 Å². The lowest BCUT2D eigenvalue weighted by atomic mass is 10.1. The van der Waals surface area contributed by atoms with E-state index in [1.54, 1.807) is 13.8 Å². The zero-order chi connectivity index (χ0) is 18.5. The zero-order valence-electron chi connectivity index (χ0n) is 13.9. The highest BCUT2D eigenvalue weighted by Crippen LogP contribution is 2.03. The Morgan fingerprint density at radius 3 is 2.08 bits per heavy atom.